The van der Waals surface area contributed by atoms with Crippen molar-refractivity contribution in [2.75, 3.05) is 9.80 Å². The first kappa shape index (κ1) is 34.5. The first-order valence-corrected chi connectivity index (χ1v) is 20.4. The highest BCUT2D eigenvalue weighted by Gasteiger charge is 2.48. The normalized spacial score (nSPS) is 16.7. The maximum atomic E-state index is 2.67. The van der Waals surface area contributed by atoms with Crippen molar-refractivity contribution in [2.24, 2.45) is 0 Å². The van der Waals surface area contributed by atoms with Gasteiger partial charge in [0.2, 0.25) is 0 Å². The second kappa shape index (κ2) is 11.4. The largest absolute Gasteiger partial charge is 0.311 e. The highest BCUT2D eigenvalue weighted by atomic mass is 32.1. The van der Waals surface area contributed by atoms with E-state index in [0.29, 0.717) is 0 Å². The lowest BCUT2D eigenvalue weighted by Gasteiger charge is -2.47. The molecular formula is C49H53BN2S. The molecule has 53 heavy (non-hydrogen) atoms. The minimum Gasteiger partial charge on any atom is -0.311 e. The summed E-state index contributed by atoms with van der Waals surface area (Å²) in [6, 6.07) is 31.5. The molecule has 3 aliphatic rings. The quantitative estimate of drug-likeness (QED) is 0.165. The van der Waals surface area contributed by atoms with Gasteiger partial charge in [-0.2, -0.15) is 0 Å². The van der Waals surface area contributed by atoms with Crippen molar-refractivity contribution < 1.29 is 0 Å². The third kappa shape index (κ3) is 5.11. The Hall–Kier alpha value is -4.28. The summed E-state index contributed by atoms with van der Waals surface area (Å²) in [4.78, 5) is 5.29. The Morgan fingerprint density at radius 1 is 0.604 bits per heavy atom. The molecule has 1 aromatic heterocycles. The molecule has 2 nitrogen and oxygen atoms in total. The molecule has 268 valence electrons. The van der Waals surface area contributed by atoms with E-state index >= 15 is 0 Å². The molecule has 0 saturated heterocycles. The summed E-state index contributed by atoms with van der Waals surface area (Å²) in [6.45, 7) is 28.3. The van der Waals surface area contributed by atoms with Crippen molar-refractivity contribution in [3.63, 3.8) is 0 Å². The molecular weight excluding hydrogens is 659 g/mol. The molecule has 0 bridgehead atoms. The predicted octanol–water partition coefficient (Wildman–Crippen LogP) is 12.2. The van der Waals surface area contributed by atoms with E-state index in [0.717, 1.165) is 0 Å². The fourth-order valence-electron chi connectivity index (χ4n) is 9.94. The maximum Gasteiger partial charge on any atom is 0.264 e. The standard InChI is InChI=1S/C49H53BN2S/c1-28-13-18-42-35(23-28)45-46(53-42)50-38-26-36-37(49(11,12)20-19-48(36,9)10)27-39(38)52(44-31(4)21-29(2)22-32(44)5)41-25-30(3)24-40(43(41)50)51(45)34-16-14-33(15-17-34)47(6,7)8/h13-18,21-27H,19-20H2,1-12H3. The van der Waals surface area contributed by atoms with Gasteiger partial charge in [-0.25, -0.2) is 0 Å². The monoisotopic (exact) mass is 712 g/mol. The molecule has 0 radical (unpaired) electrons. The van der Waals surface area contributed by atoms with Crippen molar-refractivity contribution in [1.29, 1.82) is 0 Å². The van der Waals surface area contributed by atoms with Crippen LogP contribution in [-0.4, -0.2) is 6.71 Å². The van der Waals surface area contributed by atoms with Crippen molar-refractivity contribution in [3.05, 3.63) is 123 Å². The molecule has 0 atom stereocenters. The van der Waals surface area contributed by atoms with E-state index in [9.17, 15) is 0 Å². The number of nitrogens with zero attached hydrogens (tertiary/aromatic N) is 2. The predicted molar refractivity (Wildman–Crippen MR) is 234 cm³/mol. The SMILES string of the molecule is Cc1cc(C)c(N2c3cc4c(cc3B3c5sc6ccc(C)cc6c5N(c5ccc(C(C)(C)C)cc5)c5cc(C)cc2c53)C(C)(C)CCC4(C)C)c(C)c1. The third-order valence-corrected chi connectivity index (χ3v) is 14.0. The summed E-state index contributed by atoms with van der Waals surface area (Å²) in [5, 5.41) is 1.35. The van der Waals surface area contributed by atoms with Crippen LogP contribution in [0.2, 0.25) is 0 Å². The van der Waals surface area contributed by atoms with Crippen LogP contribution in [0.5, 0.6) is 0 Å². The fourth-order valence-corrected chi connectivity index (χ4v) is 11.2. The smallest absolute Gasteiger partial charge is 0.264 e. The average molecular weight is 713 g/mol. The Kier molecular flexibility index (Phi) is 7.40. The molecule has 4 heteroatoms. The molecule has 9 rings (SSSR count). The Bertz CT molecular complexity index is 2480. The van der Waals surface area contributed by atoms with E-state index in [1.807, 2.05) is 11.3 Å². The van der Waals surface area contributed by atoms with Gasteiger partial charge in [-0.3, -0.25) is 0 Å². The van der Waals surface area contributed by atoms with Crippen molar-refractivity contribution >= 4 is 78.0 Å². The van der Waals surface area contributed by atoms with Gasteiger partial charge in [0, 0.05) is 37.6 Å². The molecule has 0 unspecified atom stereocenters. The lowest BCUT2D eigenvalue weighted by Crippen LogP contribution is -2.61. The topological polar surface area (TPSA) is 6.48 Å². The van der Waals surface area contributed by atoms with E-state index < -0.39 is 0 Å². The highest BCUT2D eigenvalue weighted by molar-refractivity contribution is 7.33. The third-order valence-electron chi connectivity index (χ3n) is 12.8. The van der Waals surface area contributed by atoms with Gasteiger partial charge < -0.3 is 9.80 Å². The zero-order valence-corrected chi connectivity index (χ0v) is 34.6. The number of hydrogen-bond donors (Lipinski definition) is 0. The van der Waals surface area contributed by atoms with Crippen LogP contribution in [0.3, 0.4) is 0 Å². The van der Waals surface area contributed by atoms with Crippen LogP contribution in [0.4, 0.5) is 34.1 Å². The van der Waals surface area contributed by atoms with E-state index in [1.165, 1.54) is 117 Å². The van der Waals surface area contributed by atoms with Gasteiger partial charge in [-0.15, -0.1) is 11.3 Å². The van der Waals surface area contributed by atoms with Crippen molar-refractivity contribution in [3.8, 4) is 0 Å². The number of anilines is 6. The number of aryl methyl sites for hydroxylation is 5. The van der Waals surface area contributed by atoms with E-state index in [1.54, 1.807) is 0 Å². The van der Waals surface area contributed by atoms with Gasteiger partial charge in [-0.05, 0) is 150 Å². The van der Waals surface area contributed by atoms with E-state index in [4.69, 9.17) is 0 Å². The van der Waals surface area contributed by atoms with Gasteiger partial charge in [0.1, 0.15) is 0 Å². The Labute approximate surface area is 322 Å². The molecule has 5 aromatic carbocycles. The second-order valence-electron chi connectivity index (χ2n) is 18.9. The number of fused-ring (bicyclic) bond motifs is 7. The van der Waals surface area contributed by atoms with Crippen LogP contribution >= 0.6 is 11.3 Å². The van der Waals surface area contributed by atoms with Gasteiger partial charge in [0.25, 0.3) is 6.71 Å². The average Bonchev–Trinajstić information content (AvgIpc) is 3.44. The first-order valence-electron chi connectivity index (χ1n) is 19.6. The van der Waals surface area contributed by atoms with Gasteiger partial charge >= 0.3 is 0 Å². The van der Waals surface area contributed by atoms with Crippen molar-refractivity contribution in [1.82, 2.24) is 0 Å². The van der Waals surface area contributed by atoms with Crippen LogP contribution in [0.1, 0.15) is 106 Å². The molecule has 0 spiro atoms. The first-order chi connectivity index (χ1) is 24.9. The molecule has 0 N–H and O–H groups in total. The zero-order valence-electron chi connectivity index (χ0n) is 33.8. The number of benzene rings is 5. The molecule has 0 amide bonds. The summed E-state index contributed by atoms with van der Waals surface area (Å²) < 4.78 is 2.81. The minimum atomic E-state index is 0.0842. The molecule has 0 fully saturated rings. The Morgan fingerprint density at radius 3 is 1.81 bits per heavy atom. The molecule has 6 aromatic rings. The Morgan fingerprint density at radius 2 is 1.19 bits per heavy atom. The summed E-state index contributed by atoms with van der Waals surface area (Å²) in [6.07, 6.45) is 2.39. The van der Waals surface area contributed by atoms with Crippen LogP contribution < -0.4 is 25.5 Å². The van der Waals surface area contributed by atoms with Crippen LogP contribution in [0.25, 0.3) is 10.1 Å². The number of thiophene rings is 1. The molecule has 3 heterocycles. The molecule has 2 aliphatic heterocycles. The van der Waals surface area contributed by atoms with Gasteiger partial charge in [-0.1, -0.05) is 96.0 Å². The lowest BCUT2D eigenvalue weighted by atomic mass is 9.35. The lowest BCUT2D eigenvalue weighted by molar-refractivity contribution is 0.332. The van der Waals surface area contributed by atoms with E-state index in [2.05, 4.69) is 172 Å². The van der Waals surface area contributed by atoms with Crippen LogP contribution in [0.15, 0.2) is 78.9 Å². The van der Waals surface area contributed by atoms with E-state index in [-0.39, 0.29) is 23.0 Å². The number of rotatable bonds is 2. The Balaban J connectivity index is 1.43. The van der Waals surface area contributed by atoms with Gasteiger partial charge in [0.05, 0.1) is 11.4 Å². The maximum absolute atomic E-state index is 2.67. The summed E-state index contributed by atoms with van der Waals surface area (Å²) in [5.41, 5.74) is 21.9. The summed E-state index contributed by atoms with van der Waals surface area (Å²) in [5.74, 6) is 0. The summed E-state index contributed by atoms with van der Waals surface area (Å²) >= 11 is 2.00. The second-order valence-corrected chi connectivity index (χ2v) is 20.0. The van der Waals surface area contributed by atoms with Crippen LogP contribution in [-0.2, 0) is 16.2 Å². The fraction of sp³-hybridized carbons (Fsp3) is 0.347. The van der Waals surface area contributed by atoms with Crippen LogP contribution in [0, 0.1) is 34.6 Å². The highest BCUT2D eigenvalue weighted by Crippen LogP contribution is 2.52. The summed E-state index contributed by atoms with van der Waals surface area (Å²) in [7, 11) is 0. The molecule has 1 aliphatic carbocycles. The molecule has 0 saturated carbocycles. The van der Waals surface area contributed by atoms with Crippen molar-refractivity contribution in [2.45, 2.75) is 112 Å². The van der Waals surface area contributed by atoms with Gasteiger partial charge in [0.15, 0.2) is 0 Å². The zero-order chi connectivity index (χ0) is 37.5. The number of hydrogen-bond acceptors (Lipinski definition) is 3. The minimum absolute atomic E-state index is 0.0842.